The highest BCUT2D eigenvalue weighted by atomic mass is 32.2. The van der Waals surface area contributed by atoms with E-state index in [0.717, 1.165) is 21.8 Å². The van der Waals surface area contributed by atoms with E-state index in [1.165, 1.54) is 4.31 Å². The monoisotopic (exact) mass is 378 g/mol. The van der Waals surface area contributed by atoms with Gasteiger partial charge in [-0.15, -0.1) is 11.3 Å². The Bertz CT molecular complexity index is 894. The third-order valence-corrected chi connectivity index (χ3v) is 7.40. The number of hydrogen-bond donors (Lipinski definition) is 0. The second-order valence-corrected chi connectivity index (χ2v) is 8.74. The van der Waals surface area contributed by atoms with E-state index in [2.05, 4.69) is 10.4 Å². The Morgan fingerprint density at radius 3 is 2.29 bits per heavy atom. The molecule has 126 valence electrons. The summed E-state index contributed by atoms with van der Waals surface area (Å²) in [6.45, 7) is 4.63. The van der Waals surface area contributed by atoms with E-state index in [-0.39, 0.29) is 0 Å². The van der Waals surface area contributed by atoms with Crippen LogP contribution in [0.2, 0.25) is 0 Å². The molecule has 0 unspecified atom stereocenters. The van der Waals surface area contributed by atoms with Crippen LogP contribution in [0.15, 0.2) is 51.4 Å². The number of thiazole rings is 1. The van der Waals surface area contributed by atoms with E-state index < -0.39 is 10.0 Å². The van der Waals surface area contributed by atoms with Gasteiger partial charge in [0, 0.05) is 35.0 Å². The van der Waals surface area contributed by atoms with Gasteiger partial charge >= 0.3 is 0 Å². The summed E-state index contributed by atoms with van der Waals surface area (Å²) in [5.74, 6) is 0. The zero-order chi connectivity index (χ0) is 17.2. The molecule has 0 atom stereocenters. The molecule has 0 saturated carbocycles. The van der Waals surface area contributed by atoms with Crippen molar-refractivity contribution in [2.45, 2.75) is 18.7 Å². The maximum Gasteiger partial charge on any atom is 0.243 e. The van der Waals surface area contributed by atoms with Crippen LogP contribution in [0.1, 0.15) is 13.8 Å². The van der Waals surface area contributed by atoms with Crippen LogP contribution >= 0.6 is 22.7 Å². The Hall–Kier alpha value is -1.54. The van der Waals surface area contributed by atoms with Gasteiger partial charge in [-0.25, -0.2) is 13.4 Å². The number of rotatable bonds is 6. The molecule has 0 aliphatic heterocycles. The molecular formula is C17H18N2O2S3. The highest BCUT2D eigenvalue weighted by Crippen LogP contribution is 2.30. The summed E-state index contributed by atoms with van der Waals surface area (Å²) < 4.78 is 26.5. The molecular weight excluding hydrogens is 360 g/mol. The fraction of sp³-hybridized carbons (Fsp3) is 0.235. The fourth-order valence-corrected chi connectivity index (χ4v) is 5.43. The molecule has 0 fully saturated rings. The average Bonchev–Trinajstić information content (AvgIpc) is 3.27. The molecule has 0 N–H and O–H groups in total. The molecule has 0 saturated heterocycles. The highest BCUT2D eigenvalue weighted by molar-refractivity contribution is 7.89. The lowest BCUT2D eigenvalue weighted by Crippen LogP contribution is -2.30. The number of sulfonamides is 1. The Labute approximate surface area is 150 Å². The zero-order valence-corrected chi connectivity index (χ0v) is 15.9. The van der Waals surface area contributed by atoms with Gasteiger partial charge in [-0.2, -0.15) is 15.6 Å². The second kappa shape index (κ2) is 7.14. The Kier molecular flexibility index (Phi) is 5.15. The molecule has 3 aromatic rings. The van der Waals surface area contributed by atoms with Crippen molar-refractivity contribution < 1.29 is 8.42 Å². The topological polar surface area (TPSA) is 50.3 Å². The summed E-state index contributed by atoms with van der Waals surface area (Å²) in [5, 5.41) is 7.08. The number of benzene rings is 1. The van der Waals surface area contributed by atoms with E-state index in [4.69, 9.17) is 0 Å². The van der Waals surface area contributed by atoms with Crippen molar-refractivity contribution in [2.75, 3.05) is 13.1 Å². The van der Waals surface area contributed by atoms with E-state index in [1.54, 1.807) is 34.8 Å². The molecule has 0 aliphatic rings. The van der Waals surface area contributed by atoms with Crippen LogP contribution in [0.5, 0.6) is 0 Å². The smallest absolute Gasteiger partial charge is 0.236 e. The minimum Gasteiger partial charge on any atom is -0.236 e. The van der Waals surface area contributed by atoms with Gasteiger partial charge in [0.15, 0.2) is 0 Å². The molecule has 7 heteroatoms. The van der Waals surface area contributed by atoms with E-state index in [0.29, 0.717) is 18.0 Å². The number of hydrogen-bond acceptors (Lipinski definition) is 5. The van der Waals surface area contributed by atoms with E-state index in [1.807, 2.05) is 42.8 Å². The first kappa shape index (κ1) is 17.3. The van der Waals surface area contributed by atoms with E-state index >= 15 is 0 Å². The van der Waals surface area contributed by atoms with Gasteiger partial charge < -0.3 is 0 Å². The van der Waals surface area contributed by atoms with Crippen molar-refractivity contribution in [3.63, 3.8) is 0 Å². The molecule has 24 heavy (non-hydrogen) atoms. The number of aromatic nitrogens is 1. The summed E-state index contributed by atoms with van der Waals surface area (Å²) in [6, 6.07) is 9.01. The molecule has 2 heterocycles. The normalized spacial score (nSPS) is 12.0. The quantitative estimate of drug-likeness (QED) is 0.631. The highest BCUT2D eigenvalue weighted by Gasteiger charge is 2.21. The molecule has 2 aromatic heterocycles. The van der Waals surface area contributed by atoms with Crippen LogP contribution in [0.4, 0.5) is 0 Å². The van der Waals surface area contributed by atoms with Crippen molar-refractivity contribution >= 4 is 32.7 Å². The molecule has 0 amide bonds. The van der Waals surface area contributed by atoms with Crippen LogP contribution in [-0.4, -0.2) is 30.8 Å². The predicted molar refractivity (Wildman–Crippen MR) is 101 cm³/mol. The minimum atomic E-state index is -3.41. The van der Waals surface area contributed by atoms with E-state index in [9.17, 15) is 8.42 Å². The maximum absolute atomic E-state index is 12.5. The molecule has 1 aromatic carbocycles. The predicted octanol–water partition coefficient (Wildman–Crippen LogP) is 4.57. The molecule has 0 aliphatic carbocycles. The Morgan fingerprint density at radius 1 is 1.00 bits per heavy atom. The van der Waals surface area contributed by atoms with Crippen molar-refractivity contribution in [2.24, 2.45) is 0 Å². The maximum atomic E-state index is 12.5. The lowest BCUT2D eigenvalue weighted by Gasteiger charge is -2.18. The minimum absolute atomic E-state index is 0.322. The van der Waals surface area contributed by atoms with Crippen LogP contribution in [0, 0.1) is 0 Å². The molecule has 4 nitrogen and oxygen atoms in total. The second-order valence-electron chi connectivity index (χ2n) is 5.16. The van der Waals surface area contributed by atoms with Gasteiger partial charge in [0.2, 0.25) is 10.0 Å². The standard InChI is InChI=1S/C17H18N2O2S3/c1-3-19(4-2)24(20,21)15-7-5-13(6-8-15)16-12-23-17(18-16)14-9-10-22-11-14/h5-12H,3-4H2,1-2H3. The molecule has 3 rings (SSSR count). The zero-order valence-electron chi connectivity index (χ0n) is 13.5. The van der Waals surface area contributed by atoms with Crippen molar-refractivity contribution in [3.05, 3.63) is 46.5 Å². The average molecular weight is 379 g/mol. The lowest BCUT2D eigenvalue weighted by atomic mass is 10.2. The van der Waals surface area contributed by atoms with Gasteiger partial charge in [0.05, 0.1) is 10.6 Å². The Morgan fingerprint density at radius 2 is 1.71 bits per heavy atom. The fourth-order valence-electron chi connectivity index (χ4n) is 2.44. The van der Waals surface area contributed by atoms with Gasteiger partial charge in [-0.05, 0) is 23.6 Å². The van der Waals surface area contributed by atoms with Gasteiger partial charge in [0.1, 0.15) is 5.01 Å². The number of thiophene rings is 1. The lowest BCUT2D eigenvalue weighted by molar-refractivity contribution is 0.445. The van der Waals surface area contributed by atoms with Crippen molar-refractivity contribution in [1.29, 1.82) is 0 Å². The van der Waals surface area contributed by atoms with Crippen molar-refractivity contribution in [3.8, 4) is 21.8 Å². The largest absolute Gasteiger partial charge is 0.243 e. The van der Waals surface area contributed by atoms with Gasteiger partial charge in [-0.1, -0.05) is 26.0 Å². The first-order valence-corrected chi connectivity index (χ1v) is 10.9. The van der Waals surface area contributed by atoms with Crippen LogP contribution in [0.25, 0.3) is 21.8 Å². The third kappa shape index (κ3) is 3.30. The Balaban J connectivity index is 1.88. The summed E-state index contributed by atoms with van der Waals surface area (Å²) >= 11 is 3.24. The number of nitrogens with zero attached hydrogens (tertiary/aromatic N) is 2. The molecule has 0 radical (unpaired) electrons. The summed E-state index contributed by atoms with van der Waals surface area (Å²) in [7, 11) is -3.41. The van der Waals surface area contributed by atoms with Gasteiger partial charge in [-0.3, -0.25) is 0 Å². The SMILES string of the molecule is CCN(CC)S(=O)(=O)c1ccc(-c2csc(-c3ccsc3)n2)cc1. The van der Waals surface area contributed by atoms with Crippen LogP contribution < -0.4 is 0 Å². The summed E-state index contributed by atoms with van der Waals surface area (Å²) in [4.78, 5) is 4.97. The summed E-state index contributed by atoms with van der Waals surface area (Å²) in [5.41, 5.74) is 2.91. The first-order chi connectivity index (χ1) is 11.6. The van der Waals surface area contributed by atoms with Gasteiger partial charge in [0.25, 0.3) is 0 Å². The van der Waals surface area contributed by atoms with Crippen molar-refractivity contribution in [1.82, 2.24) is 9.29 Å². The molecule has 0 bridgehead atoms. The van der Waals surface area contributed by atoms with Crippen LogP contribution in [-0.2, 0) is 10.0 Å². The molecule has 0 spiro atoms. The first-order valence-electron chi connectivity index (χ1n) is 7.65. The van der Waals surface area contributed by atoms with Crippen LogP contribution in [0.3, 0.4) is 0 Å². The third-order valence-electron chi connectivity index (χ3n) is 3.77. The summed E-state index contributed by atoms with van der Waals surface area (Å²) in [6.07, 6.45) is 0.